The molecule has 0 aromatic heterocycles. The van der Waals surface area contributed by atoms with E-state index in [0.717, 1.165) is 12.0 Å². The molecule has 1 aliphatic heterocycles. The Balaban J connectivity index is 2.33. The number of hydrogen-bond donors (Lipinski definition) is 0. The van der Waals surface area contributed by atoms with Gasteiger partial charge in [-0.25, -0.2) is 0 Å². The standard InChI is InChI=1S/C8H15N/c1-4-5-8-6-9(3)7(8)2/h4-5,7-8H,6H2,1-3H3/t7-,8-/m0/s1. The van der Waals surface area contributed by atoms with E-state index < -0.39 is 0 Å². The average Bonchev–Trinajstić information content (AvgIpc) is 1.88. The molecule has 0 spiro atoms. The Kier molecular flexibility index (Phi) is 1.91. The molecule has 0 aromatic rings. The van der Waals surface area contributed by atoms with E-state index in [1.54, 1.807) is 0 Å². The summed E-state index contributed by atoms with van der Waals surface area (Å²) in [4.78, 5) is 2.37. The Hall–Kier alpha value is -0.300. The molecule has 1 nitrogen and oxygen atoms in total. The first-order valence-corrected chi connectivity index (χ1v) is 3.58. The van der Waals surface area contributed by atoms with Crippen LogP contribution < -0.4 is 0 Å². The third-order valence-corrected chi connectivity index (χ3v) is 2.25. The summed E-state index contributed by atoms with van der Waals surface area (Å²) in [5.74, 6) is 0.819. The fraction of sp³-hybridized carbons (Fsp3) is 0.750. The minimum Gasteiger partial charge on any atom is -0.302 e. The van der Waals surface area contributed by atoms with Crippen LogP contribution >= 0.6 is 0 Å². The van der Waals surface area contributed by atoms with Crippen LogP contribution in [0.3, 0.4) is 0 Å². The van der Waals surface area contributed by atoms with Gasteiger partial charge in [-0.05, 0) is 20.9 Å². The molecule has 0 bridgehead atoms. The molecular weight excluding hydrogens is 110 g/mol. The quantitative estimate of drug-likeness (QED) is 0.480. The van der Waals surface area contributed by atoms with Gasteiger partial charge in [0.05, 0.1) is 0 Å². The minimum atomic E-state index is 0.765. The predicted octanol–water partition coefficient (Wildman–Crippen LogP) is 1.51. The molecule has 0 amide bonds. The Morgan fingerprint density at radius 2 is 2.22 bits per heavy atom. The van der Waals surface area contributed by atoms with Gasteiger partial charge in [-0.2, -0.15) is 0 Å². The highest BCUT2D eigenvalue weighted by atomic mass is 15.2. The predicted molar refractivity (Wildman–Crippen MR) is 40.4 cm³/mol. The first-order valence-electron chi connectivity index (χ1n) is 3.58. The lowest BCUT2D eigenvalue weighted by atomic mass is 9.91. The summed E-state index contributed by atoms with van der Waals surface area (Å²) < 4.78 is 0. The van der Waals surface area contributed by atoms with E-state index >= 15 is 0 Å². The summed E-state index contributed by atoms with van der Waals surface area (Å²) in [6.45, 7) is 5.60. The summed E-state index contributed by atoms with van der Waals surface area (Å²) in [5.41, 5.74) is 0. The lowest BCUT2D eigenvalue weighted by Crippen LogP contribution is -2.50. The molecule has 9 heavy (non-hydrogen) atoms. The van der Waals surface area contributed by atoms with Gasteiger partial charge < -0.3 is 4.90 Å². The van der Waals surface area contributed by atoms with Crippen LogP contribution in [0.25, 0.3) is 0 Å². The maximum absolute atomic E-state index is 2.37. The number of allylic oxidation sites excluding steroid dienone is 1. The second-order valence-corrected chi connectivity index (χ2v) is 2.87. The highest BCUT2D eigenvalue weighted by Crippen LogP contribution is 2.22. The van der Waals surface area contributed by atoms with Crippen LogP contribution in [0.5, 0.6) is 0 Å². The van der Waals surface area contributed by atoms with Crippen molar-refractivity contribution >= 4 is 0 Å². The number of rotatable bonds is 1. The molecule has 1 fully saturated rings. The van der Waals surface area contributed by atoms with Gasteiger partial charge in [0, 0.05) is 18.5 Å². The van der Waals surface area contributed by atoms with Crippen molar-refractivity contribution in [3.05, 3.63) is 12.2 Å². The van der Waals surface area contributed by atoms with Crippen molar-refractivity contribution < 1.29 is 0 Å². The van der Waals surface area contributed by atoms with Crippen LogP contribution in [0, 0.1) is 5.92 Å². The minimum absolute atomic E-state index is 0.765. The van der Waals surface area contributed by atoms with E-state index in [1.807, 2.05) is 0 Å². The van der Waals surface area contributed by atoms with Crippen LogP contribution in [0.2, 0.25) is 0 Å². The molecular formula is C8H15N. The summed E-state index contributed by atoms with van der Waals surface area (Å²) in [7, 11) is 2.17. The van der Waals surface area contributed by atoms with E-state index in [0.29, 0.717) is 0 Å². The highest BCUT2D eigenvalue weighted by molar-refractivity contribution is 4.99. The lowest BCUT2D eigenvalue weighted by molar-refractivity contribution is 0.0866. The monoisotopic (exact) mass is 125 g/mol. The van der Waals surface area contributed by atoms with Crippen molar-refractivity contribution in [3.8, 4) is 0 Å². The Morgan fingerprint density at radius 1 is 1.56 bits per heavy atom. The molecule has 52 valence electrons. The molecule has 1 aliphatic rings. The fourth-order valence-electron chi connectivity index (χ4n) is 1.31. The molecule has 2 atom stereocenters. The molecule has 0 radical (unpaired) electrons. The summed E-state index contributed by atoms with van der Waals surface area (Å²) in [5, 5.41) is 0. The molecule has 0 N–H and O–H groups in total. The second kappa shape index (κ2) is 2.53. The van der Waals surface area contributed by atoms with Crippen molar-refractivity contribution in [3.63, 3.8) is 0 Å². The van der Waals surface area contributed by atoms with E-state index in [4.69, 9.17) is 0 Å². The molecule has 1 heterocycles. The van der Waals surface area contributed by atoms with Crippen molar-refractivity contribution in [2.45, 2.75) is 19.9 Å². The van der Waals surface area contributed by atoms with Gasteiger partial charge in [0.1, 0.15) is 0 Å². The molecule has 1 saturated heterocycles. The highest BCUT2D eigenvalue weighted by Gasteiger charge is 2.29. The van der Waals surface area contributed by atoms with Crippen LogP contribution in [0.1, 0.15) is 13.8 Å². The Bertz CT molecular complexity index is 118. The van der Waals surface area contributed by atoms with E-state index in [-0.39, 0.29) is 0 Å². The first-order chi connectivity index (χ1) is 4.25. The molecule has 1 heteroatoms. The van der Waals surface area contributed by atoms with E-state index in [1.165, 1.54) is 6.54 Å². The molecule has 0 aromatic carbocycles. The van der Waals surface area contributed by atoms with Crippen molar-refractivity contribution in [1.29, 1.82) is 0 Å². The van der Waals surface area contributed by atoms with Gasteiger partial charge in [0.25, 0.3) is 0 Å². The SMILES string of the molecule is CC=C[C@H]1CN(C)[C@H]1C. The van der Waals surface area contributed by atoms with E-state index in [9.17, 15) is 0 Å². The number of likely N-dealkylation sites (tertiary alicyclic amines) is 1. The Morgan fingerprint density at radius 3 is 2.56 bits per heavy atom. The maximum Gasteiger partial charge on any atom is 0.0139 e. The van der Waals surface area contributed by atoms with Gasteiger partial charge >= 0.3 is 0 Å². The van der Waals surface area contributed by atoms with Crippen LogP contribution in [0.4, 0.5) is 0 Å². The van der Waals surface area contributed by atoms with Gasteiger partial charge in [-0.15, -0.1) is 0 Å². The van der Waals surface area contributed by atoms with Crippen molar-refractivity contribution in [2.24, 2.45) is 5.92 Å². The summed E-state index contributed by atoms with van der Waals surface area (Å²) >= 11 is 0. The number of nitrogens with zero attached hydrogens (tertiary/aromatic N) is 1. The molecule has 1 rings (SSSR count). The molecule has 0 unspecified atom stereocenters. The lowest BCUT2D eigenvalue weighted by Gasteiger charge is -2.42. The van der Waals surface area contributed by atoms with Gasteiger partial charge in [-0.3, -0.25) is 0 Å². The normalized spacial score (nSPS) is 37.2. The third kappa shape index (κ3) is 1.16. The second-order valence-electron chi connectivity index (χ2n) is 2.87. The van der Waals surface area contributed by atoms with Crippen molar-refractivity contribution in [1.82, 2.24) is 4.90 Å². The van der Waals surface area contributed by atoms with Gasteiger partial charge in [-0.1, -0.05) is 12.2 Å². The third-order valence-electron chi connectivity index (χ3n) is 2.25. The maximum atomic E-state index is 2.37. The van der Waals surface area contributed by atoms with Crippen LogP contribution in [-0.2, 0) is 0 Å². The fourth-order valence-corrected chi connectivity index (χ4v) is 1.31. The van der Waals surface area contributed by atoms with Crippen molar-refractivity contribution in [2.75, 3.05) is 13.6 Å². The van der Waals surface area contributed by atoms with Gasteiger partial charge in [0.2, 0.25) is 0 Å². The molecule has 0 saturated carbocycles. The summed E-state index contributed by atoms with van der Waals surface area (Å²) in [6.07, 6.45) is 4.44. The largest absolute Gasteiger partial charge is 0.302 e. The van der Waals surface area contributed by atoms with Gasteiger partial charge in [0.15, 0.2) is 0 Å². The van der Waals surface area contributed by atoms with E-state index in [2.05, 4.69) is 37.9 Å². The zero-order valence-corrected chi connectivity index (χ0v) is 6.46. The summed E-state index contributed by atoms with van der Waals surface area (Å²) in [6, 6.07) is 0.765. The Labute approximate surface area is 57.4 Å². The average molecular weight is 125 g/mol. The zero-order valence-electron chi connectivity index (χ0n) is 6.46. The first kappa shape index (κ1) is 6.81. The molecule has 0 aliphatic carbocycles. The smallest absolute Gasteiger partial charge is 0.0139 e. The zero-order chi connectivity index (χ0) is 6.85. The topological polar surface area (TPSA) is 3.24 Å². The van der Waals surface area contributed by atoms with Crippen LogP contribution in [0.15, 0.2) is 12.2 Å². The van der Waals surface area contributed by atoms with Crippen LogP contribution in [-0.4, -0.2) is 24.5 Å². The number of hydrogen-bond acceptors (Lipinski definition) is 1.